The van der Waals surface area contributed by atoms with Crippen molar-refractivity contribution in [3.63, 3.8) is 0 Å². The zero-order chi connectivity index (χ0) is 18.1. The van der Waals surface area contributed by atoms with Crippen LogP contribution in [-0.4, -0.2) is 32.8 Å². The first-order valence-electron chi connectivity index (χ1n) is 7.64. The van der Waals surface area contributed by atoms with E-state index in [1.54, 1.807) is 31.4 Å². The number of alkyl halides is 2. The number of benzene rings is 2. The molecule has 25 heavy (non-hydrogen) atoms. The van der Waals surface area contributed by atoms with E-state index in [1.807, 2.05) is 12.1 Å². The molecule has 5 nitrogen and oxygen atoms in total. The molecule has 0 saturated heterocycles. The number of carbonyl (C=O) groups excluding carboxylic acids is 1. The lowest BCUT2D eigenvalue weighted by Gasteiger charge is -2.09. The second kappa shape index (κ2) is 9.46. The minimum atomic E-state index is -2.86. The molecule has 0 atom stereocenters. The van der Waals surface area contributed by atoms with Gasteiger partial charge in [-0.3, -0.25) is 4.79 Å². The fraction of sp³-hybridized carbons (Fsp3) is 0.278. The van der Waals surface area contributed by atoms with Crippen molar-refractivity contribution in [1.29, 1.82) is 0 Å². The first-order chi connectivity index (χ1) is 12.1. The second-order valence-electron chi connectivity index (χ2n) is 5.08. The van der Waals surface area contributed by atoms with Gasteiger partial charge in [0.2, 0.25) is 5.91 Å². The molecule has 7 heteroatoms. The van der Waals surface area contributed by atoms with Crippen LogP contribution in [-0.2, 0) is 11.2 Å². The molecule has 0 aromatic heterocycles. The zero-order valence-electron chi connectivity index (χ0n) is 13.7. The number of hydrogen-bond acceptors (Lipinski definition) is 4. The molecule has 0 saturated carbocycles. The second-order valence-corrected chi connectivity index (χ2v) is 5.08. The molecule has 2 aromatic rings. The van der Waals surface area contributed by atoms with Crippen LogP contribution in [0.5, 0.6) is 17.2 Å². The Morgan fingerprint density at radius 1 is 1.08 bits per heavy atom. The third-order valence-electron chi connectivity index (χ3n) is 3.25. The number of nitrogens with one attached hydrogen (secondary N) is 1. The Balaban J connectivity index is 1.69. The molecule has 0 aliphatic carbocycles. The van der Waals surface area contributed by atoms with Gasteiger partial charge in [0, 0.05) is 6.07 Å². The first-order valence-corrected chi connectivity index (χ1v) is 7.64. The average molecular weight is 351 g/mol. The largest absolute Gasteiger partial charge is 0.497 e. The fourth-order valence-electron chi connectivity index (χ4n) is 2.09. The van der Waals surface area contributed by atoms with Crippen molar-refractivity contribution < 1.29 is 27.8 Å². The van der Waals surface area contributed by atoms with Gasteiger partial charge in [-0.2, -0.15) is 8.78 Å². The van der Waals surface area contributed by atoms with Crippen molar-refractivity contribution >= 4 is 5.91 Å². The maximum Gasteiger partial charge on any atom is 0.387 e. The van der Waals surface area contributed by atoms with E-state index >= 15 is 0 Å². The van der Waals surface area contributed by atoms with Crippen LogP contribution in [0.3, 0.4) is 0 Å². The molecule has 1 N–H and O–H groups in total. The Morgan fingerprint density at radius 3 is 2.48 bits per heavy atom. The third kappa shape index (κ3) is 6.66. The molecule has 1 amide bonds. The maximum absolute atomic E-state index is 12.1. The first kappa shape index (κ1) is 18.5. The number of amides is 1. The highest BCUT2D eigenvalue weighted by Crippen LogP contribution is 2.18. The molecule has 0 heterocycles. The Hall–Kier alpha value is -2.83. The third-order valence-corrected chi connectivity index (χ3v) is 3.25. The molecule has 0 radical (unpaired) electrons. The molecular formula is C18H19F2NO4. The van der Waals surface area contributed by atoms with Crippen molar-refractivity contribution in [3.8, 4) is 17.2 Å². The molecule has 0 spiro atoms. The molecule has 0 aliphatic rings. The van der Waals surface area contributed by atoms with Crippen LogP contribution in [0.2, 0.25) is 0 Å². The minimum Gasteiger partial charge on any atom is -0.497 e. The quantitative estimate of drug-likeness (QED) is 0.706. The van der Waals surface area contributed by atoms with Crippen LogP contribution >= 0.6 is 0 Å². The summed E-state index contributed by atoms with van der Waals surface area (Å²) in [6.45, 7) is -2.19. The van der Waals surface area contributed by atoms with Crippen molar-refractivity contribution in [1.82, 2.24) is 5.32 Å². The lowest BCUT2D eigenvalue weighted by atomic mass is 10.1. The molecule has 0 aliphatic heterocycles. The van der Waals surface area contributed by atoms with Gasteiger partial charge in [0.05, 0.1) is 20.1 Å². The van der Waals surface area contributed by atoms with E-state index < -0.39 is 6.61 Å². The summed E-state index contributed by atoms with van der Waals surface area (Å²) >= 11 is 0. The lowest BCUT2D eigenvalue weighted by Crippen LogP contribution is -2.29. The highest BCUT2D eigenvalue weighted by atomic mass is 19.3. The van der Waals surface area contributed by atoms with Crippen LogP contribution in [0.4, 0.5) is 8.78 Å². The molecule has 2 rings (SSSR count). The van der Waals surface area contributed by atoms with E-state index in [-0.39, 0.29) is 18.1 Å². The van der Waals surface area contributed by atoms with Gasteiger partial charge < -0.3 is 19.5 Å². The van der Waals surface area contributed by atoms with Gasteiger partial charge in [0.15, 0.2) is 0 Å². The zero-order valence-corrected chi connectivity index (χ0v) is 13.7. The molecular weight excluding hydrogens is 332 g/mol. The van der Waals surface area contributed by atoms with Gasteiger partial charge in [-0.05, 0) is 29.8 Å². The monoisotopic (exact) mass is 351 g/mol. The Kier molecular flexibility index (Phi) is 7.00. The number of halogens is 2. The summed E-state index contributed by atoms with van der Waals surface area (Å²) in [6, 6.07) is 13.1. The summed E-state index contributed by atoms with van der Waals surface area (Å²) in [5, 5.41) is 2.73. The fourth-order valence-corrected chi connectivity index (χ4v) is 2.09. The Labute approximate surface area is 144 Å². The van der Waals surface area contributed by atoms with Crippen LogP contribution in [0.25, 0.3) is 0 Å². The van der Waals surface area contributed by atoms with Crippen LogP contribution in [0.1, 0.15) is 5.56 Å². The average Bonchev–Trinajstić information content (AvgIpc) is 2.60. The van der Waals surface area contributed by atoms with Crippen molar-refractivity contribution in [3.05, 3.63) is 54.1 Å². The predicted molar refractivity (Wildman–Crippen MR) is 88.3 cm³/mol. The SMILES string of the molecule is COc1cccc(OCCNC(=O)Cc2ccc(OC(F)F)cc2)c1. The predicted octanol–water partition coefficient (Wildman–Crippen LogP) is 3.03. The highest BCUT2D eigenvalue weighted by Gasteiger charge is 2.06. The summed E-state index contributed by atoms with van der Waals surface area (Å²) < 4.78 is 39.0. The van der Waals surface area contributed by atoms with E-state index in [2.05, 4.69) is 10.1 Å². The standard InChI is InChI=1S/C18H19F2NO4/c1-23-15-3-2-4-16(12-15)24-10-9-21-17(22)11-13-5-7-14(8-6-13)25-18(19)20/h2-8,12,18H,9-11H2,1H3,(H,21,22). The number of ether oxygens (including phenoxy) is 3. The lowest BCUT2D eigenvalue weighted by molar-refractivity contribution is -0.120. The summed E-state index contributed by atoms with van der Waals surface area (Å²) in [6.07, 6.45) is 0.147. The van der Waals surface area contributed by atoms with Crippen molar-refractivity contribution in [2.45, 2.75) is 13.0 Å². The Morgan fingerprint density at radius 2 is 1.80 bits per heavy atom. The number of carbonyl (C=O) groups is 1. The van der Waals surface area contributed by atoms with Gasteiger partial charge in [-0.25, -0.2) is 0 Å². The minimum absolute atomic E-state index is 0.0610. The van der Waals surface area contributed by atoms with Gasteiger partial charge >= 0.3 is 6.61 Å². The number of hydrogen-bond donors (Lipinski definition) is 1. The summed E-state index contributed by atoms with van der Waals surface area (Å²) in [5.41, 5.74) is 0.702. The topological polar surface area (TPSA) is 56.8 Å². The highest BCUT2D eigenvalue weighted by molar-refractivity contribution is 5.78. The molecule has 0 unspecified atom stereocenters. The van der Waals surface area contributed by atoms with Crippen molar-refractivity contribution in [2.24, 2.45) is 0 Å². The van der Waals surface area contributed by atoms with Gasteiger partial charge in [0.1, 0.15) is 23.9 Å². The maximum atomic E-state index is 12.1. The molecule has 2 aromatic carbocycles. The van der Waals surface area contributed by atoms with E-state index in [1.165, 1.54) is 12.1 Å². The summed E-state index contributed by atoms with van der Waals surface area (Å²) in [4.78, 5) is 11.8. The van der Waals surface area contributed by atoms with E-state index in [9.17, 15) is 13.6 Å². The van der Waals surface area contributed by atoms with E-state index in [0.29, 0.717) is 30.2 Å². The molecule has 134 valence electrons. The van der Waals surface area contributed by atoms with Crippen LogP contribution in [0.15, 0.2) is 48.5 Å². The van der Waals surface area contributed by atoms with E-state index in [4.69, 9.17) is 9.47 Å². The van der Waals surface area contributed by atoms with Crippen molar-refractivity contribution in [2.75, 3.05) is 20.3 Å². The number of rotatable bonds is 9. The van der Waals surface area contributed by atoms with Gasteiger partial charge in [0.25, 0.3) is 0 Å². The molecule has 0 bridgehead atoms. The molecule has 0 fully saturated rings. The smallest absolute Gasteiger partial charge is 0.387 e. The van der Waals surface area contributed by atoms with Gasteiger partial charge in [-0.15, -0.1) is 0 Å². The normalized spacial score (nSPS) is 10.4. The van der Waals surface area contributed by atoms with Crippen LogP contribution in [0, 0.1) is 0 Å². The summed E-state index contributed by atoms with van der Waals surface area (Å²) in [7, 11) is 1.57. The Bertz CT molecular complexity index is 677. The summed E-state index contributed by atoms with van der Waals surface area (Å²) in [5.74, 6) is 1.23. The van der Waals surface area contributed by atoms with Gasteiger partial charge in [-0.1, -0.05) is 18.2 Å². The number of methoxy groups -OCH3 is 1. The van der Waals surface area contributed by atoms with E-state index in [0.717, 1.165) is 0 Å². The van der Waals surface area contributed by atoms with Crippen LogP contribution < -0.4 is 19.5 Å².